The van der Waals surface area contributed by atoms with Gasteiger partial charge in [0.25, 0.3) is 0 Å². The summed E-state index contributed by atoms with van der Waals surface area (Å²) >= 11 is 0. The van der Waals surface area contributed by atoms with Crippen LogP contribution in [0, 0.1) is 0 Å². The Morgan fingerprint density at radius 2 is 1.69 bits per heavy atom. The molecule has 0 aliphatic rings. The van der Waals surface area contributed by atoms with E-state index in [0.29, 0.717) is 10.8 Å². The van der Waals surface area contributed by atoms with Crippen molar-refractivity contribution in [3.8, 4) is 0 Å². The topological polar surface area (TPSA) is 17.1 Å². The van der Waals surface area contributed by atoms with Crippen molar-refractivity contribution in [3.05, 3.63) is 0 Å². The fourth-order valence-electron chi connectivity index (χ4n) is 1.13. The Morgan fingerprint density at radius 3 is 2.00 bits per heavy atom. The average molecular weight is 200 g/mol. The summed E-state index contributed by atoms with van der Waals surface area (Å²) in [5.41, 5.74) is 0. The van der Waals surface area contributed by atoms with Gasteiger partial charge in [0.1, 0.15) is 5.78 Å². The van der Waals surface area contributed by atoms with Crippen molar-refractivity contribution < 1.29 is 4.79 Å². The van der Waals surface area contributed by atoms with Gasteiger partial charge in [0.05, 0.1) is 8.07 Å². The van der Waals surface area contributed by atoms with E-state index in [1.165, 1.54) is 0 Å². The van der Waals surface area contributed by atoms with Crippen molar-refractivity contribution in [2.24, 2.45) is 0 Å². The summed E-state index contributed by atoms with van der Waals surface area (Å²) in [5, 5.41) is 0.344. The van der Waals surface area contributed by atoms with Gasteiger partial charge in [-0.2, -0.15) is 0 Å². The van der Waals surface area contributed by atoms with Crippen LogP contribution in [0.1, 0.15) is 40.5 Å². The first-order chi connectivity index (χ1) is 5.70. The normalized spacial score (nSPS) is 13.1. The van der Waals surface area contributed by atoms with Crippen molar-refractivity contribution in [1.82, 2.24) is 0 Å². The van der Waals surface area contributed by atoms with E-state index < -0.39 is 8.07 Å². The van der Waals surface area contributed by atoms with E-state index in [1.807, 2.05) is 0 Å². The minimum absolute atomic E-state index is 0.344. The van der Waals surface area contributed by atoms with Crippen LogP contribution in [-0.2, 0) is 4.79 Å². The van der Waals surface area contributed by atoms with Crippen LogP contribution in [0.15, 0.2) is 0 Å². The molecular weight excluding hydrogens is 176 g/mol. The molecule has 0 unspecified atom stereocenters. The maximum atomic E-state index is 11.5. The third kappa shape index (κ3) is 4.07. The second-order valence-electron chi connectivity index (χ2n) is 5.60. The number of Topliss-reactive ketones (excluding diaryl/α,β-unsaturated/α-hetero) is 1. The summed E-state index contributed by atoms with van der Waals surface area (Å²) < 4.78 is 0. The summed E-state index contributed by atoms with van der Waals surface area (Å²) in [5.74, 6) is 0.467. The largest absolute Gasteiger partial charge is 0.300 e. The van der Waals surface area contributed by atoms with Crippen molar-refractivity contribution in [2.75, 3.05) is 0 Å². The third-order valence-electron chi connectivity index (χ3n) is 3.20. The van der Waals surface area contributed by atoms with Gasteiger partial charge in [-0.25, -0.2) is 0 Å². The molecule has 0 heterocycles. The quantitative estimate of drug-likeness (QED) is 0.630. The molecule has 13 heavy (non-hydrogen) atoms. The van der Waals surface area contributed by atoms with Crippen LogP contribution in [0.3, 0.4) is 0 Å². The molecular formula is C11H24OSi. The van der Waals surface area contributed by atoms with Crippen LogP contribution in [0.25, 0.3) is 0 Å². The first kappa shape index (κ1) is 12.9. The average Bonchev–Trinajstić information content (AvgIpc) is 1.83. The molecule has 0 rings (SSSR count). The number of hydrogen-bond acceptors (Lipinski definition) is 1. The molecule has 0 aromatic rings. The minimum Gasteiger partial charge on any atom is -0.300 e. The van der Waals surface area contributed by atoms with Gasteiger partial charge in [-0.05, 0) is 11.5 Å². The van der Waals surface area contributed by atoms with Crippen LogP contribution in [0.5, 0.6) is 0 Å². The predicted octanol–water partition coefficient (Wildman–Crippen LogP) is 3.86. The maximum absolute atomic E-state index is 11.5. The van der Waals surface area contributed by atoms with Crippen molar-refractivity contribution in [1.29, 1.82) is 0 Å². The molecule has 0 aromatic carbocycles. The Morgan fingerprint density at radius 1 is 1.23 bits per heavy atom. The highest BCUT2D eigenvalue weighted by atomic mass is 28.3. The molecule has 0 N–H and O–H groups in total. The smallest absolute Gasteiger partial charge is 0.130 e. The Labute approximate surface area is 83.9 Å². The lowest BCUT2D eigenvalue weighted by molar-refractivity contribution is -0.117. The van der Waals surface area contributed by atoms with Gasteiger partial charge >= 0.3 is 0 Å². The SMILES string of the molecule is CCCC(=O)C[Si](C)(C)C(C)(C)C. The van der Waals surface area contributed by atoms with E-state index in [9.17, 15) is 4.79 Å². The highest BCUT2D eigenvalue weighted by Crippen LogP contribution is 2.38. The van der Waals surface area contributed by atoms with E-state index in [4.69, 9.17) is 0 Å². The number of rotatable bonds is 4. The first-order valence-electron chi connectivity index (χ1n) is 5.22. The van der Waals surface area contributed by atoms with Crippen molar-refractivity contribution in [2.45, 2.75) is 64.7 Å². The molecule has 0 saturated heterocycles. The zero-order chi connectivity index (χ0) is 10.7. The molecule has 0 bridgehead atoms. The van der Waals surface area contributed by atoms with Gasteiger partial charge in [-0.3, -0.25) is 0 Å². The summed E-state index contributed by atoms with van der Waals surface area (Å²) in [6, 6.07) is 0.852. The minimum atomic E-state index is -1.35. The number of carbonyl (C=O) groups is 1. The number of hydrogen-bond donors (Lipinski definition) is 0. The Bertz CT molecular complexity index is 177. The summed E-state index contributed by atoms with van der Waals surface area (Å²) in [6.45, 7) is 13.5. The van der Waals surface area contributed by atoms with Gasteiger partial charge < -0.3 is 4.79 Å². The number of carbonyl (C=O) groups excluding carboxylic acids is 1. The molecule has 0 radical (unpaired) electrons. The molecule has 0 aliphatic carbocycles. The highest BCUT2D eigenvalue weighted by molar-refractivity contribution is 6.82. The van der Waals surface area contributed by atoms with Crippen molar-refractivity contribution >= 4 is 13.9 Å². The molecule has 0 atom stereocenters. The lowest BCUT2D eigenvalue weighted by Crippen LogP contribution is -2.38. The van der Waals surface area contributed by atoms with Gasteiger partial charge in [0.15, 0.2) is 0 Å². The van der Waals surface area contributed by atoms with Gasteiger partial charge in [-0.15, -0.1) is 0 Å². The van der Waals surface area contributed by atoms with Gasteiger partial charge in [-0.1, -0.05) is 40.8 Å². The zero-order valence-corrected chi connectivity index (χ0v) is 11.0. The summed E-state index contributed by atoms with van der Waals surface area (Å²) in [6.07, 6.45) is 1.76. The van der Waals surface area contributed by atoms with E-state index in [2.05, 4.69) is 40.8 Å². The fraction of sp³-hybridized carbons (Fsp3) is 0.909. The first-order valence-corrected chi connectivity index (χ1v) is 8.43. The van der Waals surface area contributed by atoms with Crippen LogP contribution < -0.4 is 0 Å². The summed E-state index contributed by atoms with van der Waals surface area (Å²) in [4.78, 5) is 11.5. The van der Waals surface area contributed by atoms with E-state index in [0.717, 1.165) is 18.9 Å². The predicted molar refractivity (Wildman–Crippen MR) is 61.9 cm³/mol. The van der Waals surface area contributed by atoms with E-state index in [1.54, 1.807) is 0 Å². The van der Waals surface area contributed by atoms with Crippen LogP contribution in [0.2, 0.25) is 24.2 Å². The van der Waals surface area contributed by atoms with E-state index in [-0.39, 0.29) is 0 Å². The molecule has 0 saturated carbocycles. The zero-order valence-electron chi connectivity index (χ0n) is 10.0. The van der Waals surface area contributed by atoms with E-state index >= 15 is 0 Å². The second-order valence-corrected chi connectivity index (χ2v) is 11.2. The second kappa shape index (κ2) is 4.40. The van der Waals surface area contributed by atoms with Crippen molar-refractivity contribution in [3.63, 3.8) is 0 Å². The molecule has 2 heteroatoms. The molecule has 0 aromatic heterocycles. The monoisotopic (exact) mass is 200 g/mol. The molecule has 0 aliphatic heterocycles. The van der Waals surface area contributed by atoms with Gasteiger partial charge in [0.2, 0.25) is 0 Å². The molecule has 78 valence electrons. The highest BCUT2D eigenvalue weighted by Gasteiger charge is 2.36. The Balaban J connectivity index is 4.26. The standard InChI is InChI=1S/C11H24OSi/c1-7-8-10(12)9-13(5,6)11(2,3)4/h7-9H2,1-6H3. The van der Waals surface area contributed by atoms with Crippen LogP contribution >= 0.6 is 0 Å². The van der Waals surface area contributed by atoms with Crippen LogP contribution in [0.4, 0.5) is 0 Å². The number of ketones is 1. The van der Waals surface area contributed by atoms with Gasteiger partial charge in [0, 0.05) is 12.5 Å². The Hall–Kier alpha value is -0.113. The van der Waals surface area contributed by atoms with Crippen LogP contribution in [-0.4, -0.2) is 13.9 Å². The molecule has 0 fully saturated rings. The Kier molecular flexibility index (Phi) is 4.37. The lowest BCUT2D eigenvalue weighted by atomic mass is 10.2. The lowest BCUT2D eigenvalue weighted by Gasteiger charge is -2.36. The molecule has 0 amide bonds. The third-order valence-corrected chi connectivity index (χ3v) is 8.54. The fourth-order valence-corrected chi connectivity index (χ4v) is 2.82. The molecule has 1 nitrogen and oxygen atoms in total. The summed E-state index contributed by atoms with van der Waals surface area (Å²) in [7, 11) is -1.35. The molecule has 0 spiro atoms. The maximum Gasteiger partial charge on any atom is 0.130 e.